The monoisotopic (exact) mass is 264 g/mol. The van der Waals surface area contributed by atoms with E-state index in [4.69, 9.17) is 5.73 Å². The fraction of sp³-hybridized carbons (Fsp3) is 0.625. The molecule has 2 N–H and O–H groups in total. The zero-order valence-corrected chi connectivity index (χ0v) is 12.2. The van der Waals surface area contributed by atoms with E-state index < -0.39 is 0 Å². The maximum atomic E-state index is 14.0. The Bertz CT molecular complexity index is 431. The van der Waals surface area contributed by atoms with E-state index in [-0.39, 0.29) is 11.9 Å². The fourth-order valence-electron chi connectivity index (χ4n) is 3.33. The van der Waals surface area contributed by atoms with Gasteiger partial charge in [-0.25, -0.2) is 4.39 Å². The second kappa shape index (κ2) is 5.91. The number of halogens is 1. The minimum atomic E-state index is -0.280. The first-order chi connectivity index (χ1) is 9.02. The molecule has 0 heterocycles. The maximum absolute atomic E-state index is 14.0. The van der Waals surface area contributed by atoms with Gasteiger partial charge >= 0.3 is 0 Å². The van der Waals surface area contributed by atoms with Crippen molar-refractivity contribution in [3.63, 3.8) is 0 Å². The van der Waals surface area contributed by atoms with Crippen molar-refractivity contribution in [3.05, 3.63) is 29.6 Å². The predicted molar refractivity (Wildman–Crippen MR) is 78.8 cm³/mol. The molecule has 0 aromatic heterocycles. The zero-order valence-electron chi connectivity index (χ0n) is 12.2. The highest BCUT2D eigenvalue weighted by atomic mass is 19.1. The van der Waals surface area contributed by atoms with Crippen LogP contribution in [0.15, 0.2) is 18.2 Å². The molecular weight excluding hydrogens is 239 g/mol. The van der Waals surface area contributed by atoms with Gasteiger partial charge in [0.05, 0.1) is 0 Å². The number of anilines is 1. The first kappa shape index (κ1) is 14.3. The molecule has 2 rings (SSSR count). The molecule has 3 atom stereocenters. The van der Waals surface area contributed by atoms with Crippen LogP contribution in [0.4, 0.5) is 10.1 Å². The Morgan fingerprint density at radius 2 is 2.00 bits per heavy atom. The van der Waals surface area contributed by atoms with Gasteiger partial charge in [-0.05, 0) is 37.8 Å². The molecule has 19 heavy (non-hydrogen) atoms. The lowest BCUT2D eigenvalue weighted by molar-refractivity contribution is 0.321. The Balaban J connectivity index is 2.32. The summed E-state index contributed by atoms with van der Waals surface area (Å²) >= 11 is 0. The maximum Gasteiger partial charge on any atom is 0.130 e. The van der Waals surface area contributed by atoms with Crippen LogP contribution >= 0.6 is 0 Å². The van der Waals surface area contributed by atoms with Crippen LogP contribution in [-0.4, -0.2) is 13.1 Å². The van der Waals surface area contributed by atoms with Crippen LogP contribution in [0, 0.1) is 11.7 Å². The molecule has 106 valence electrons. The van der Waals surface area contributed by atoms with Crippen molar-refractivity contribution in [1.82, 2.24) is 0 Å². The summed E-state index contributed by atoms with van der Waals surface area (Å²) in [6.45, 7) is 4.14. The Kier molecular flexibility index (Phi) is 4.46. The Morgan fingerprint density at radius 1 is 1.32 bits per heavy atom. The van der Waals surface area contributed by atoms with Gasteiger partial charge in [-0.1, -0.05) is 25.8 Å². The molecule has 1 aromatic rings. The molecule has 2 unspecified atom stereocenters. The standard InChI is InChI=1S/C16H25FN2/c1-11-7-4-5-9-14(11)19(3)15-10-6-8-13(17)16(15)12(2)18/h6,8,10-12,14H,4-5,7,9,18H2,1-3H3/t11?,12-,14?/m1/s1. The Hall–Kier alpha value is -1.09. The van der Waals surface area contributed by atoms with Crippen LogP contribution in [0.2, 0.25) is 0 Å². The molecule has 0 saturated heterocycles. The molecule has 0 bridgehead atoms. The smallest absolute Gasteiger partial charge is 0.130 e. The molecular formula is C16H25FN2. The zero-order chi connectivity index (χ0) is 14.0. The summed E-state index contributed by atoms with van der Waals surface area (Å²) in [7, 11) is 2.08. The molecule has 0 radical (unpaired) electrons. The minimum absolute atomic E-state index is 0.192. The highest BCUT2D eigenvalue weighted by Crippen LogP contribution is 2.34. The van der Waals surface area contributed by atoms with Gasteiger partial charge in [-0.3, -0.25) is 0 Å². The van der Waals surface area contributed by atoms with Gasteiger partial charge in [0.1, 0.15) is 5.82 Å². The fourth-order valence-corrected chi connectivity index (χ4v) is 3.33. The third-order valence-electron chi connectivity index (χ3n) is 4.43. The highest BCUT2D eigenvalue weighted by molar-refractivity contribution is 5.55. The van der Waals surface area contributed by atoms with E-state index in [0.717, 1.165) is 5.69 Å². The molecule has 3 heteroatoms. The van der Waals surface area contributed by atoms with Crippen molar-refractivity contribution in [2.75, 3.05) is 11.9 Å². The normalized spacial score (nSPS) is 25.1. The predicted octanol–water partition coefficient (Wildman–Crippen LogP) is 3.86. The number of benzene rings is 1. The SMILES string of the molecule is CC1CCCCC1N(C)c1cccc(F)c1[C@@H](C)N. The molecule has 1 saturated carbocycles. The quantitative estimate of drug-likeness (QED) is 0.898. The van der Waals surface area contributed by atoms with E-state index in [1.54, 1.807) is 6.07 Å². The molecule has 0 aliphatic heterocycles. The average Bonchev–Trinajstić information content (AvgIpc) is 2.37. The number of hydrogen-bond donors (Lipinski definition) is 1. The van der Waals surface area contributed by atoms with Crippen LogP contribution in [0.3, 0.4) is 0 Å². The minimum Gasteiger partial charge on any atom is -0.371 e. The van der Waals surface area contributed by atoms with Crippen molar-refractivity contribution >= 4 is 5.69 Å². The van der Waals surface area contributed by atoms with E-state index in [0.29, 0.717) is 17.5 Å². The van der Waals surface area contributed by atoms with Gasteiger partial charge in [0, 0.05) is 30.4 Å². The van der Waals surface area contributed by atoms with Crippen LogP contribution in [0.5, 0.6) is 0 Å². The average molecular weight is 264 g/mol. The van der Waals surface area contributed by atoms with Gasteiger partial charge < -0.3 is 10.6 Å². The van der Waals surface area contributed by atoms with Gasteiger partial charge in [-0.15, -0.1) is 0 Å². The van der Waals surface area contributed by atoms with Gasteiger partial charge in [0.2, 0.25) is 0 Å². The largest absolute Gasteiger partial charge is 0.371 e. The number of nitrogens with zero attached hydrogens (tertiary/aromatic N) is 1. The van der Waals surface area contributed by atoms with Crippen molar-refractivity contribution < 1.29 is 4.39 Å². The third-order valence-corrected chi connectivity index (χ3v) is 4.43. The Morgan fingerprint density at radius 3 is 2.63 bits per heavy atom. The second-order valence-corrected chi connectivity index (χ2v) is 5.90. The lowest BCUT2D eigenvalue weighted by Gasteiger charge is -2.39. The molecule has 1 aromatic carbocycles. The van der Waals surface area contributed by atoms with Crippen LogP contribution in [0.1, 0.15) is 51.1 Å². The third kappa shape index (κ3) is 2.92. The van der Waals surface area contributed by atoms with E-state index in [9.17, 15) is 4.39 Å². The van der Waals surface area contributed by atoms with Crippen LogP contribution in [-0.2, 0) is 0 Å². The van der Waals surface area contributed by atoms with E-state index in [2.05, 4.69) is 18.9 Å². The van der Waals surface area contributed by atoms with Crippen molar-refractivity contribution in [2.24, 2.45) is 11.7 Å². The number of rotatable bonds is 3. The lowest BCUT2D eigenvalue weighted by Crippen LogP contribution is -2.39. The summed E-state index contributed by atoms with van der Waals surface area (Å²) in [5.41, 5.74) is 7.54. The first-order valence-corrected chi connectivity index (χ1v) is 7.29. The number of hydrogen-bond acceptors (Lipinski definition) is 2. The van der Waals surface area contributed by atoms with Crippen LogP contribution in [0.25, 0.3) is 0 Å². The molecule has 1 aliphatic rings. The topological polar surface area (TPSA) is 29.3 Å². The molecule has 1 aliphatic carbocycles. The van der Waals surface area contributed by atoms with Crippen molar-refractivity contribution in [3.8, 4) is 0 Å². The van der Waals surface area contributed by atoms with Crippen molar-refractivity contribution in [1.29, 1.82) is 0 Å². The Labute approximate surface area is 115 Å². The second-order valence-electron chi connectivity index (χ2n) is 5.90. The van der Waals surface area contributed by atoms with Crippen molar-refractivity contribution in [2.45, 2.75) is 51.6 Å². The summed E-state index contributed by atoms with van der Waals surface area (Å²) in [6.07, 6.45) is 5.03. The summed E-state index contributed by atoms with van der Waals surface area (Å²) < 4.78 is 14.0. The number of nitrogens with two attached hydrogens (primary N) is 1. The van der Waals surface area contributed by atoms with Gasteiger partial charge in [-0.2, -0.15) is 0 Å². The summed E-state index contributed by atoms with van der Waals surface area (Å²) in [4.78, 5) is 2.24. The molecule has 2 nitrogen and oxygen atoms in total. The summed E-state index contributed by atoms with van der Waals surface area (Å²) in [6, 6.07) is 5.48. The van der Waals surface area contributed by atoms with Crippen LogP contribution < -0.4 is 10.6 Å². The lowest BCUT2D eigenvalue weighted by atomic mass is 9.84. The first-order valence-electron chi connectivity index (χ1n) is 7.29. The summed E-state index contributed by atoms with van der Waals surface area (Å²) in [5, 5.41) is 0. The van der Waals surface area contributed by atoms with E-state index >= 15 is 0 Å². The van der Waals surface area contributed by atoms with Gasteiger partial charge in [0.15, 0.2) is 0 Å². The van der Waals surface area contributed by atoms with Gasteiger partial charge in [0.25, 0.3) is 0 Å². The summed E-state index contributed by atoms with van der Waals surface area (Å²) in [5.74, 6) is 0.464. The molecule has 0 amide bonds. The molecule has 0 spiro atoms. The van der Waals surface area contributed by atoms with E-state index in [1.165, 1.54) is 31.7 Å². The van der Waals surface area contributed by atoms with E-state index in [1.807, 2.05) is 13.0 Å². The molecule has 1 fully saturated rings. The highest BCUT2D eigenvalue weighted by Gasteiger charge is 2.27.